The zero-order valence-corrected chi connectivity index (χ0v) is 8.67. The fourth-order valence-electron chi connectivity index (χ4n) is 1.44. The standard InChI is InChI=1S/C10H14ClN3/c11-8-5-13-4-3-10(8)14-6-9(12)7-1-2-7/h3-5,7,9H,1-2,6,12H2,(H,13,14). The van der Waals surface area contributed by atoms with Crippen LogP contribution < -0.4 is 11.1 Å². The molecule has 1 unspecified atom stereocenters. The van der Waals surface area contributed by atoms with Gasteiger partial charge in [0.1, 0.15) is 0 Å². The van der Waals surface area contributed by atoms with Gasteiger partial charge < -0.3 is 11.1 Å². The fourth-order valence-corrected chi connectivity index (χ4v) is 1.62. The molecule has 1 aliphatic carbocycles. The molecule has 1 fully saturated rings. The summed E-state index contributed by atoms with van der Waals surface area (Å²) in [6, 6.07) is 2.11. The molecule has 0 amide bonds. The molecule has 0 saturated heterocycles. The van der Waals surface area contributed by atoms with Crippen LogP contribution in [0.4, 0.5) is 5.69 Å². The van der Waals surface area contributed by atoms with Crippen molar-refractivity contribution in [3.63, 3.8) is 0 Å². The van der Waals surface area contributed by atoms with Gasteiger partial charge in [0, 0.05) is 25.0 Å². The van der Waals surface area contributed by atoms with E-state index in [9.17, 15) is 0 Å². The molecule has 1 aromatic heterocycles. The molecule has 0 aliphatic heterocycles. The molecule has 1 atom stereocenters. The quantitative estimate of drug-likeness (QED) is 0.800. The highest BCUT2D eigenvalue weighted by molar-refractivity contribution is 6.33. The summed E-state index contributed by atoms with van der Waals surface area (Å²) < 4.78 is 0. The zero-order chi connectivity index (χ0) is 9.97. The second-order valence-electron chi connectivity index (χ2n) is 3.74. The summed E-state index contributed by atoms with van der Waals surface area (Å²) in [4.78, 5) is 3.92. The van der Waals surface area contributed by atoms with Gasteiger partial charge in [-0.3, -0.25) is 4.98 Å². The van der Waals surface area contributed by atoms with Crippen molar-refractivity contribution in [3.8, 4) is 0 Å². The smallest absolute Gasteiger partial charge is 0.0820 e. The summed E-state index contributed by atoms with van der Waals surface area (Å²) >= 11 is 5.94. The Labute approximate surface area is 88.7 Å². The molecule has 0 spiro atoms. The minimum atomic E-state index is 0.249. The Hall–Kier alpha value is -0.800. The van der Waals surface area contributed by atoms with Crippen LogP contribution in [0, 0.1) is 5.92 Å². The molecule has 3 nitrogen and oxygen atoms in total. The first-order valence-electron chi connectivity index (χ1n) is 4.86. The van der Waals surface area contributed by atoms with Crippen LogP contribution in [-0.2, 0) is 0 Å². The number of nitrogens with zero attached hydrogens (tertiary/aromatic N) is 1. The predicted molar refractivity (Wildman–Crippen MR) is 58.4 cm³/mol. The Kier molecular flexibility index (Phi) is 2.89. The molecule has 1 saturated carbocycles. The molecule has 14 heavy (non-hydrogen) atoms. The van der Waals surface area contributed by atoms with Crippen LogP contribution in [0.15, 0.2) is 18.5 Å². The predicted octanol–water partition coefficient (Wildman–Crippen LogP) is 1.88. The highest BCUT2D eigenvalue weighted by Gasteiger charge is 2.28. The van der Waals surface area contributed by atoms with Gasteiger partial charge in [0.15, 0.2) is 0 Å². The average molecular weight is 212 g/mol. The topological polar surface area (TPSA) is 50.9 Å². The van der Waals surface area contributed by atoms with Crippen molar-refractivity contribution < 1.29 is 0 Å². The second-order valence-corrected chi connectivity index (χ2v) is 4.14. The van der Waals surface area contributed by atoms with E-state index in [4.69, 9.17) is 17.3 Å². The van der Waals surface area contributed by atoms with E-state index >= 15 is 0 Å². The molecule has 0 bridgehead atoms. The normalized spacial score (nSPS) is 17.9. The maximum absolute atomic E-state index is 5.96. The lowest BCUT2D eigenvalue weighted by molar-refractivity contribution is 0.621. The van der Waals surface area contributed by atoms with Gasteiger partial charge in [-0.05, 0) is 24.8 Å². The van der Waals surface area contributed by atoms with Gasteiger partial charge in [0.2, 0.25) is 0 Å². The minimum Gasteiger partial charge on any atom is -0.382 e. The van der Waals surface area contributed by atoms with Crippen LogP contribution in [-0.4, -0.2) is 17.6 Å². The highest BCUT2D eigenvalue weighted by Crippen LogP contribution is 2.31. The number of pyridine rings is 1. The number of halogens is 1. The fraction of sp³-hybridized carbons (Fsp3) is 0.500. The van der Waals surface area contributed by atoms with Crippen LogP contribution in [0.25, 0.3) is 0 Å². The average Bonchev–Trinajstić information content (AvgIpc) is 2.99. The van der Waals surface area contributed by atoms with Crippen LogP contribution in [0.3, 0.4) is 0 Å². The summed E-state index contributed by atoms with van der Waals surface area (Å²) in [5.74, 6) is 0.711. The molecule has 1 aliphatic rings. The van der Waals surface area contributed by atoms with Crippen molar-refractivity contribution in [1.82, 2.24) is 4.98 Å². The molecule has 2 rings (SSSR count). The van der Waals surface area contributed by atoms with Gasteiger partial charge in [-0.15, -0.1) is 0 Å². The zero-order valence-electron chi connectivity index (χ0n) is 7.91. The van der Waals surface area contributed by atoms with E-state index in [-0.39, 0.29) is 6.04 Å². The summed E-state index contributed by atoms with van der Waals surface area (Å²) in [6.45, 7) is 0.786. The highest BCUT2D eigenvalue weighted by atomic mass is 35.5. The molecule has 0 aromatic carbocycles. The van der Waals surface area contributed by atoms with Gasteiger partial charge in [-0.1, -0.05) is 11.6 Å². The molecule has 1 aromatic rings. The third-order valence-corrected chi connectivity index (χ3v) is 2.83. The van der Waals surface area contributed by atoms with E-state index in [0.29, 0.717) is 10.9 Å². The third-order valence-electron chi connectivity index (χ3n) is 2.53. The van der Waals surface area contributed by atoms with E-state index in [1.54, 1.807) is 12.4 Å². The molecule has 4 heteroatoms. The van der Waals surface area contributed by atoms with E-state index in [2.05, 4.69) is 10.3 Å². The molecular formula is C10H14ClN3. The maximum atomic E-state index is 5.96. The largest absolute Gasteiger partial charge is 0.382 e. The third kappa shape index (κ3) is 2.36. The lowest BCUT2D eigenvalue weighted by atomic mass is 10.2. The van der Waals surface area contributed by atoms with Crippen molar-refractivity contribution in [3.05, 3.63) is 23.5 Å². The maximum Gasteiger partial charge on any atom is 0.0820 e. The van der Waals surface area contributed by atoms with Gasteiger partial charge in [0.25, 0.3) is 0 Å². The summed E-state index contributed by atoms with van der Waals surface area (Å²) in [7, 11) is 0. The Morgan fingerprint density at radius 1 is 1.64 bits per heavy atom. The first-order valence-corrected chi connectivity index (χ1v) is 5.24. The van der Waals surface area contributed by atoms with Crippen LogP contribution in [0.5, 0.6) is 0 Å². The monoisotopic (exact) mass is 211 g/mol. The van der Waals surface area contributed by atoms with E-state index < -0.39 is 0 Å². The Bertz CT molecular complexity index is 312. The summed E-state index contributed by atoms with van der Waals surface area (Å²) in [6.07, 6.45) is 5.89. The van der Waals surface area contributed by atoms with Crippen molar-refractivity contribution in [1.29, 1.82) is 0 Å². The summed E-state index contributed by atoms with van der Waals surface area (Å²) in [5.41, 5.74) is 6.87. The van der Waals surface area contributed by atoms with Crippen LogP contribution in [0.2, 0.25) is 5.02 Å². The lowest BCUT2D eigenvalue weighted by Gasteiger charge is -2.13. The number of hydrogen-bond donors (Lipinski definition) is 2. The number of aromatic nitrogens is 1. The van der Waals surface area contributed by atoms with Crippen LogP contribution in [0.1, 0.15) is 12.8 Å². The second kappa shape index (κ2) is 4.15. The number of anilines is 1. The number of nitrogens with two attached hydrogens (primary N) is 1. The molecule has 3 N–H and O–H groups in total. The SMILES string of the molecule is NC(CNc1ccncc1Cl)C1CC1. The first kappa shape index (κ1) is 9.74. The molecule has 76 valence electrons. The first-order chi connectivity index (χ1) is 6.77. The summed E-state index contributed by atoms with van der Waals surface area (Å²) in [5, 5.41) is 3.89. The molecule has 1 heterocycles. The van der Waals surface area contributed by atoms with Gasteiger partial charge in [-0.25, -0.2) is 0 Å². The Morgan fingerprint density at radius 2 is 2.43 bits per heavy atom. The number of hydrogen-bond acceptors (Lipinski definition) is 3. The molecule has 0 radical (unpaired) electrons. The van der Waals surface area contributed by atoms with Gasteiger partial charge in [-0.2, -0.15) is 0 Å². The van der Waals surface area contributed by atoms with Crippen molar-refractivity contribution in [2.24, 2.45) is 11.7 Å². The van der Waals surface area contributed by atoms with E-state index in [1.807, 2.05) is 6.07 Å². The van der Waals surface area contributed by atoms with E-state index in [0.717, 1.165) is 12.2 Å². The Balaban J connectivity index is 1.87. The van der Waals surface area contributed by atoms with Crippen molar-refractivity contribution in [2.75, 3.05) is 11.9 Å². The molecular weight excluding hydrogens is 198 g/mol. The minimum absolute atomic E-state index is 0.249. The van der Waals surface area contributed by atoms with Crippen molar-refractivity contribution in [2.45, 2.75) is 18.9 Å². The van der Waals surface area contributed by atoms with E-state index in [1.165, 1.54) is 12.8 Å². The lowest BCUT2D eigenvalue weighted by Crippen LogP contribution is -2.31. The van der Waals surface area contributed by atoms with Crippen molar-refractivity contribution >= 4 is 17.3 Å². The number of nitrogens with one attached hydrogen (secondary N) is 1. The van der Waals surface area contributed by atoms with Crippen LogP contribution >= 0.6 is 11.6 Å². The Morgan fingerprint density at radius 3 is 3.07 bits per heavy atom. The number of rotatable bonds is 4. The van der Waals surface area contributed by atoms with Gasteiger partial charge >= 0.3 is 0 Å². The van der Waals surface area contributed by atoms with Gasteiger partial charge in [0.05, 0.1) is 10.7 Å².